The van der Waals surface area contributed by atoms with Gasteiger partial charge in [0.15, 0.2) is 0 Å². The number of ether oxygens (including phenoxy) is 1. The summed E-state index contributed by atoms with van der Waals surface area (Å²) in [4.78, 5) is 12.1. The molecule has 0 aliphatic rings. The Balaban J connectivity index is 2.51. The van der Waals surface area contributed by atoms with Gasteiger partial charge in [-0.15, -0.1) is 0 Å². The number of hydrogen-bond acceptors (Lipinski definition) is 3. The van der Waals surface area contributed by atoms with Crippen LogP contribution in [0.2, 0.25) is 0 Å². The lowest BCUT2D eigenvalue weighted by Gasteiger charge is -2.17. The van der Waals surface area contributed by atoms with Gasteiger partial charge in [-0.1, -0.05) is 26.3 Å². The van der Waals surface area contributed by atoms with Crippen LogP contribution in [0.5, 0.6) is 0 Å². The fourth-order valence-corrected chi connectivity index (χ4v) is 1.97. The van der Waals surface area contributed by atoms with Crippen LogP contribution in [0.4, 0.5) is 11.4 Å². The Kier molecular flexibility index (Phi) is 6.52. The smallest absolute Gasteiger partial charge is 0.253 e. The summed E-state index contributed by atoms with van der Waals surface area (Å²) in [6.45, 7) is 8.60. The van der Waals surface area contributed by atoms with E-state index in [1.807, 2.05) is 19.1 Å². The molecule has 4 heteroatoms. The van der Waals surface area contributed by atoms with Crippen LogP contribution in [0.15, 0.2) is 18.2 Å². The number of amides is 1. The molecule has 0 radical (unpaired) electrons. The number of carbonyl (C=O) groups excluding carboxylic acids is 1. The number of nitrogen functional groups attached to an aromatic ring is 1. The van der Waals surface area contributed by atoms with Crippen LogP contribution in [0, 0.1) is 12.8 Å². The quantitative estimate of drug-likeness (QED) is 0.752. The van der Waals surface area contributed by atoms with Crippen molar-refractivity contribution in [2.24, 2.45) is 5.92 Å². The fourth-order valence-electron chi connectivity index (χ4n) is 1.97. The first-order valence-corrected chi connectivity index (χ1v) is 7.22. The highest BCUT2D eigenvalue weighted by Crippen LogP contribution is 2.18. The summed E-state index contributed by atoms with van der Waals surface area (Å²) in [5.74, 6) is 0.340. The average Bonchev–Trinajstić information content (AvgIpc) is 2.40. The molecule has 1 aromatic rings. The largest absolute Gasteiger partial charge is 0.399 e. The van der Waals surface area contributed by atoms with Crippen molar-refractivity contribution in [1.82, 2.24) is 0 Å². The molecule has 0 bridgehead atoms. The second-order valence-corrected chi connectivity index (χ2v) is 5.43. The van der Waals surface area contributed by atoms with Gasteiger partial charge < -0.3 is 15.8 Å². The van der Waals surface area contributed by atoms with Gasteiger partial charge >= 0.3 is 0 Å². The van der Waals surface area contributed by atoms with E-state index in [1.54, 1.807) is 13.0 Å². The lowest BCUT2D eigenvalue weighted by molar-refractivity contribution is -0.127. The minimum atomic E-state index is -0.463. The Morgan fingerprint density at radius 2 is 2.10 bits per heavy atom. The molecule has 20 heavy (non-hydrogen) atoms. The zero-order chi connectivity index (χ0) is 15.1. The number of rotatable bonds is 7. The van der Waals surface area contributed by atoms with Crippen LogP contribution in [-0.2, 0) is 9.53 Å². The summed E-state index contributed by atoms with van der Waals surface area (Å²) in [5.41, 5.74) is 8.09. The first-order valence-electron chi connectivity index (χ1n) is 7.22. The molecule has 0 heterocycles. The molecule has 0 fully saturated rings. The van der Waals surface area contributed by atoms with E-state index in [-0.39, 0.29) is 5.91 Å². The fraction of sp³-hybridized carbons (Fsp3) is 0.562. The number of hydrogen-bond donors (Lipinski definition) is 2. The minimum absolute atomic E-state index is 0.137. The first kappa shape index (κ1) is 16.5. The van der Waals surface area contributed by atoms with E-state index in [0.717, 1.165) is 24.1 Å². The van der Waals surface area contributed by atoms with Gasteiger partial charge in [-0.2, -0.15) is 0 Å². The monoisotopic (exact) mass is 278 g/mol. The summed E-state index contributed by atoms with van der Waals surface area (Å²) < 4.78 is 5.62. The zero-order valence-corrected chi connectivity index (χ0v) is 12.9. The van der Waals surface area contributed by atoms with Crippen molar-refractivity contribution in [1.29, 1.82) is 0 Å². The first-order chi connectivity index (χ1) is 9.43. The molecule has 4 nitrogen and oxygen atoms in total. The van der Waals surface area contributed by atoms with Crippen molar-refractivity contribution in [3.63, 3.8) is 0 Å². The highest BCUT2D eigenvalue weighted by atomic mass is 16.5. The van der Waals surface area contributed by atoms with Crippen molar-refractivity contribution in [2.75, 3.05) is 17.7 Å². The van der Waals surface area contributed by atoms with Crippen LogP contribution >= 0.6 is 0 Å². The molecular formula is C16H26N2O2. The maximum absolute atomic E-state index is 12.1. The number of carbonyl (C=O) groups is 1. The maximum Gasteiger partial charge on any atom is 0.253 e. The summed E-state index contributed by atoms with van der Waals surface area (Å²) in [7, 11) is 0. The molecule has 0 saturated heterocycles. The van der Waals surface area contributed by atoms with Gasteiger partial charge in [-0.05, 0) is 43.9 Å². The Hall–Kier alpha value is -1.55. The summed E-state index contributed by atoms with van der Waals surface area (Å²) in [6.07, 6.45) is 1.78. The molecule has 2 unspecified atom stereocenters. The number of anilines is 2. The molecule has 3 N–H and O–H groups in total. The lowest BCUT2D eigenvalue weighted by Crippen LogP contribution is -2.29. The van der Waals surface area contributed by atoms with E-state index in [0.29, 0.717) is 18.2 Å². The predicted octanol–water partition coefficient (Wildman–Crippen LogP) is 3.36. The third-order valence-electron chi connectivity index (χ3n) is 3.30. The molecule has 1 aromatic carbocycles. The van der Waals surface area contributed by atoms with Gasteiger partial charge in [-0.25, -0.2) is 0 Å². The molecule has 112 valence electrons. The van der Waals surface area contributed by atoms with E-state index in [9.17, 15) is 4.79 Å². The normalized spacial score (nSPS) is 13.8. The van der Waals surface area contributed by atoms with Crippen LogP contribution in [0.3, 0.4) is 0 Å². The molecule has 0 aliphatic heterocycles. The van der Waals surface area contributed by atoms with Crippen LogP contribution in [0.1, 0.15) is 39.2 Å². The Bertz CT molecular complexity index is 446. The van der Waals surface area contributed by atoms with Crippen LogP contribution in [0.25, 0.3) is 0 Å². The number of aryl methyl sites for hydroxylation is 1. The second kappa shape index (κ2) is 7.90. The summed E-state index contributed by atoms with van der Waals surface area (Å²) >= 11 is 0. The highest BCUT2D eigenvalue weighted by Gasteiger charge is 2.15. The standard InChI is InChI=1S/C16H26N2O2/c1-5-6-11(2)10-20-13(4)16(19)18-15-9-14(17)8-7-12(15)3/h7-9,11,13H,5-6,10,17H2,1-4H3,(H,18,19). The summed E-state index contributed by atoms with van der Waals surface area (Å²) in [5, 5.41) is 2.86. The van der Waals surface area contributed by atoms with Gasteiger partial charge in [0.25, 0.3) is 5.91 Å². The summed E-state index contributed by atoms with van der Waals surface area (Å²) in [6, 6.07) is 5.47. The van der Waals surface area contributed by atoms with Crippen molar-refractivity contribution in [2.45, 2.75) is 46.6 Å². The molecule has 0 saturated carbocycles. The lowest BCUT2D eigenvalue weighted by atomic mass is 10.1. The van der Waals surface area contributed by atoms with E-state index >= 15 is 0 Å². The molecule has 0 aromatic heterocycles. The Morgan fingerprint density at radius 3 is 2.75 bits per heavy atom. The van der Waals surface area contributed by atoms with Gasteiger partial charge in [-0.3, -0.25) is 4.79 Å². The molecular weight excluding hydrogens is 252 g/mol. The SMILES string of the molecule is CCCC(C)COC(C)C(=O)Nc1cc(N)ccc1C. The molecule has 1 rings (SSSR count). The Labute approximate surface area is 121 Å². The average molecular weight is 278 g/mol. The number of nitrogens with two attached hydrogens (primary N) is 1. The van der Waals surface area contributed by atoms with Crippen LogP contribution in [-0.4, -0.2) is 18.6 Å². The number of nitrogens with one attached hydrogen (secondary N) is 1. The van der Waals surface area contributed by atoms with E-state index in [2.05, 4.69) is 19.2 Å². The van der Waals surface area contributed by atoms with Gasteiger partial charge in [0.1, 0.15) is 6.10 Å². The van der Waals surface area contributed by atoms with Gasteiger partial charge in [0, 0.05) is 11.4 Å². The number of benzene rings is 1. The third kappa shape index (κ3) is 5.21. The third-order valence-corrected chi connectivity index (χ3v) is 3.30. The van der Waals surface area contributed by atoms with E-state index in [1.165, 1.54) is 0 Å². The molecule has 0 aliphatic carbocycles. The van der Waals surface area contributed by atoms with Crippen molar-refractivity contribution in [3.8, 4) is 0 Å². The van der Waals surface area contributed by atoms with Crippen molar-refractivity contribution < 1.29 is 9.53 Å². The molecule has 0 spiro atoms. The molecule has 2 atom stereocenters. The van der Waals surface area contributed by atoms with Gasteiger partial charge in [0.2, 0.25) is 0 Å². The zero-order valence-electron chi connectivity index (χ0n) is 12.9. The van der Waals surface area contributed by atoms with Crippen molar-refractivity contribution in [3.05, 3.63) is 23.8 Å². The maximum atomic E-state index is 12.1. The highest BCUT2D eigenvalue weighted by molar-refractivity contribution is 5.95. The topological polar surface area (TPSA) is 64.3 Å². The van der Waals surface area contributed by atoms with Crippen LogP contribution < -0.4 is 11.1 Å². The van der Waals surface area contributed by atoms with Gasteiger partial charge in [0.05, 0.1) is 6.61 Å². The molecule has 1 amide bonds. The second-order valence-electron chi connectivity index (χ2n) is 5.43. The minimum Gasteiger partial charge on any atom is -0.399 e. The predicted molar refractivity (Wildman–Crippen MR) is 83.7 cm³/mol. The Morgan fingerprint density at radius 1 is 1.40 bits per heavy atom. The van der Waals surface area contributed by atoms with Crippen molar-refractivity contribution >= 4 is 17.3 Å². The van der Waals surface area contributed by atoms with E-state index in [4.69, 9.17) is 10.5 Å². The van der Waals surface area contributed by atoms with E-state index < -0.39 is 6.10 Å².